The molecule has 5 heteroatoms. The fourth-order valence-electron chi connectivity index (χ4n) is 2.35. The molecule has 1 aliphatic rings. The van der Waals surface area contributed by atoms with Crippen LogP contribution < -0.4 is 0 Å². The number of amides is 1. The smallest absolute Gasteiger partial charge is 0.335 e. The third kappa shape index (κ3) is 4.16. The summed E-state index contributed by atoms with van der Waals surface area (Å²) in [6, 6.07) is 6.37. The minimum atomic E-state index is -0.964. The summed E-state index contributed by atoms with van der Waals surface area (Å²) in [6.45, 7) is 1.53. The molecule has 0 aliphatic carbocycles. The molecule has 0 bridgehead atoms. The van der Waals surface area contributed by atoms with E-state index >= 15 is 0 Å². The number of likely N-dealkylation sites (tertiary alicyclic amines) is 1. The zero-order valence-electron chi connectivity index (χ0n) is 11.7. The van der Waals surface area contributed by atoms with E-state index < -0.39 is 5.97 Å². The number of nitrogens with zero attached hydrogens (tertiary/aromatic N) is 1. The topological polar surface area (TPSA) is 77.8 Å². The quantitative estimate of drug-likeness (QED) is 0.826. The van der Waals surface area contributed by atoms with E-state index in [1.807, 2.05) is 0 Å². The highest BCUT2D eigenvalue weighted by Gasteiger charge is 2.20. The summed E-state index contributed by atoms with van der Waals surface area (Å²) >= 11 is 0. The molecule has 0 unspecified atom stereocenters. The van der Waals surface area contributed by atoms with Crippen molar-refractivity contribution in [2.75, 3.05) is 19.7 Å². The van der Waals surface area contributed by atoms with Crippen LogP contribution in [0.25, 0.3) is 6.08 Å². The lowest BCUT2D eigenvalue weighted by molar-refractivity contribution is -0.127. The predicted octanol–water partition coefficient (Wildman–Crippen LogP) is 1.63. The van der Waals surface area contributed by atoms with Gasteiger partial charge in [0.05, 0.1) is 5.56 Å². The second-order valence-corrected chi connectivity index (χ2v) is 5.21. The standard InChI is InChI=1S/C16H19NO4/c18-11-13-7-9-17(10-8-13)15(19)6-3-12-1-4-14(5-2-12)16(20)21/h1-6,13,18H,7-11H2,(H,20,21)/b6-3+. The number of aliphatic hydroxyl groups is 1. The molecule has 5 nitrogen and oxygen atoms in total. The van der Waals surface area contributed by atoms with Gasteiger partial charge in [-0.2, -0.15) is 0 Å². The molecule has 0 aromatic heterocycles. The van der Waals surface area contributed by atoms with E-state index in [0.29, 0.717) is 19.0 Å². The molecule has 0 radical (unpaired) electrons. The highest BCUT2D eigenvalue weighted by Crippen LogP contribution is 2.16. The Kier molecular flexibility index (Phi) is 5.11. The molecule has 0 saturated carbocycles. The van der Waals surface area contributed by atoms with Crippen LogP contribution in [-0.4, -0.2) is 46.7 Å². The maximum atomic E-state index is 12.0. The zero-order chi connectivity index (χ0) is 15.2. The molecule has 1 saturated heterocycles. The summed E-state index contributed by atoms with van der Waals surface area (Å²) in [7, 11) is 0. The van der Waals surface area contributed by atoms with Crippen molar-refractivity contribution in [2.45, 2.75) is 12.8 Å². The number of piperidine rings is 1. The number of carboxylic acids is 1. The van der Waals surface area contributed by atoms with Crippen LogP contribution in [0, 0.1) is 5.92 Å². The first-order valence-corrected chi connectivity index (χ1v) is 7.01. The first kappa shape index (κ1) is 15.3. The molecule has 0 atom stereocenters. The number of aromatic carboxylic acids is 1. The molecule has 0 spiro atoms. The zero-order valence-corrected chi connectivity index (χ0v) is 11.7. The van der Waals surface area contributed by atoms with Crippen molar-refractivity contribution >= 4 is 18.0 Å². The summed E-state index contributed by atoms with van der Waals surface area (Å²) in [5.41, 5.74) is 1.02. The molecular formula is C16H19NO4. The van der Waals surface area contributed by atoms with Crippen molar-refractivity contribution in [1.82, 2.24) is 4.90 Å². The molecule has 1 aliphatic heterocycles. The molecule has 1 aromatic rings. The number of benzene rings is 1. The Hall–Kier alpha value is -2.14. The Bertz CT molecular complexity index is 528. The predicted molar refractivity (Wildman–Crippen MR) is 78.8 cm³/mol. The number of carbonyl (C=O) groups excluding carboxylic acids is 1. The molecule has 21 heavy (non-hydrogen) atoms. The largest absolute Gasteiger partial charge is 0.478 e. The van der Waals surface area contributed by atoms with Gasteiger partial charge < -0.3 is 15.1 Å². The van der Waals surface area contributed by atoms with Gasteiger partial charge in [-0.15, -0.1) is 0 Å². The van der Waals surface area contributed by atoms with Crippen LogP contribution in [0.15, 0.2) is 30.3 Å². The second kappa shape index (κ2) is 7.04. The Balaban J connectivity index is 1.91. The van der Waals surface area contributed by atoms with Crippen LogP contribution in [0.3, 0.4) is 0 Å². The van der Waals surface area contributed by atoms with Crippen LogP contribution in [-0.2, 0) is 4.79 Å². The lowest BCUT2D eigenvalue weighted by atomic mass is 9.98. The number of carboxylic acid groups (broad SMARTS) is 1. The Morgan fingerprint density at radius 2 is 1.81 bits per heavy atom. The maximum Gasteiger partial charge on any atom is 0.335 e. The Morgan fingerprint density at radius 1 is 1.19 bits per heavy atom. The van der Waals surface area contributed by atoms with Crippen LogP contribution in [0.1, 0.15) is 28.8 Å². The number of hydrogen-bond acceptors (Lipinski definition) is 3. The van der Waals surface area contributed by atoms with Gasteiger partial charge in [-0.3, -0.25) is 4.79 Å². The van der Waals surface area contributed by atoms with Crippen molar-refractivity contribution in [3.05, 3.63) is 41.5 Å². The summed E-state index contributed by atoms with van der Waals surface area (Å²) in [4.78, 5) is 24.5. The van der Waals surface area contributed by atoms with Crippen molar-refractivity contribution in [3.8, 4) is 0 Å². The van der Waals surface area contributed by atoms with Gasteiger partial charge in [-0.25, -0.2) is 4.79 Å². The molecule has 112 valence electrons. The van der Waals surface area contributed by atoms with Crippen molar-refractivity contribution in [3.63, 3.8) is 0 Å². The molecule has 1 amide bonds. The van der Waals surface area contributed by atoms with Crippen molar-refractivity contribution in [1.29, 1.82) is 0 Å². The average Bonchev–Trinajstić information content (AvgIpc) is 2.53. The number of hydrogen-bond donors (Lipinski definition) is 2. The van der Waals surface area contributed by atoms with Gasteiger partial charge in [-0.1, -0.05) is 12.1 Å². The second-order valence-electron chi connectivity index (χ2n) is 5.21. The van der Waals surface area contributed by atoms with E-state index in [1.165, 1.54) is 18.2 Å². The van der Waals surface area contributed by atoms with Gasteiger partial charge in [0.15, 0.2) is 0 Å². The van der Waals surface area contributed by atoms with Gasteiger partial charge in [0.1, 0.15) is 0 Å². The average molecular weight is 289 g/mol. The van der Waals surface area contributed by atoms with Crippen molar-refractivity contribution < 1.29 is 19.8 Å². The molecule has 2 rings (SSSR count). The molecule has 1 fully saturated rings. The van der Waals surface area contributed by atoms with Crippen LogP contribution in [0.4, 0.5) is 0 Å². The van der Waals surface area contributed by atoms with E-state index in [-0.39, 0.29) is 18.1 Å². The van der Waals surface area contributed by atoms with Crippen LogP contribution >= 0.6 is 0 Å². The van der Waals surface area contributed by atoms with Crippen LogP contribution in [0.5, 0.6) is 0 Å². The highest BCUT2D eigenvalue weighted by atomic mass is 16.4. The summed E-state index contributed by atoms with van der Waals surface area (Å²) in [5, 5.41) is 17.9. The van der Waals surface area contributed by atoms with Crippen molar-refractivity contribution in [2.24, 2.45) is 5.92 Å². The SMILES string of the molecule is O=C(O)c1ccc(/C=C/C(=O)N2CCC(CO)CC2)cc1. The third-order valence-electron chi connectivity index (χ3n) is 3.76. The fourth-order valence-corrected chi connectivity index (χ4v) is 2.35. The lowest BCUT2D eigenvalue weighted by Crippen LogP contribution is -2.38. The maximum absolute atomic E-state index is 12.0. The summed E-state index contributed by atoms with van der Waals surface area (Å²) in [6.07, 6.45) is 4.87. The van der Waals surface area contributed by atoms with Crippen LogP contribution in [0.2, 0.25) is 0 Å². The summed E-state index contributed by atoms with van der Waals surface area (Å²) in [5.74, 6) is -0.705. The first-order valence-electron chi connectivity index (χ1n) is 7.01. The van der Waals surface area contributed by atoms with E-state index in [1.54, 1.807) is 23.1 Å². The monoisotopic (exact) mass is 289 g/mol. The highest BCUT2D eigenvalue weighted by molar-refractivity contribution is 5.92. The first-order chi connectivity index (χ1) is 10.1. The van der Waals surface area contributed by atoms with Gasteiger partial charge in [0, 0.05) is 25.8 Å². The van der Waals surface area contributed by atoms with E-state index in [0.717, 1.165) is 18.4 Å². The minimum Gasteiger partial charge on any atom is -0.478 e. The van der Waals surface area contributed by atoms with E-state index in [4.69, 9.17) is 10.2 Å². The van der Waals surface area contributed by atoms with E-state index in [9.17, 15) is 9.59 Å². The fraction of sp³-hybridized carbons (Fsp3) is 0.375. The molecule has 2 N–H and O–H groups in total. The lowest BCUT2D eigenvalue weighted by Gasteiger charge is -2.30. The van der Waals surface area contributed by atoms with Gasteiger partial charge in [0.2, 0.25) is 5.91 Å². The van der Waals surface area contributed by atoms with Gasteiger partial charge in [0.25, 0.3) is 0 Å². The Morgan fingerprint density at radius 3 is 2.33 bits per heavy atom. The van der Waals surface area contributed by atoms with E-state index in [2.05, 4.69) is 0 Å². The minimum absolute atomic E-state index is 0.0475. The third-order valence-corrected chi connectivity index (χ3v) is 3.76. The Labute approximate surface area is 123 Å². The number of rotatable bonds is 4. The molecule has 1 heterocycles. The number of carbonyl (C=O) groups is 2. The molecule has 1 aromatic carbocycles. The molecular weight excluding hydrogens is 270 g/mol. The summed E-state index contributed by atoms with van der Waals surface area (Å²) < 4.78 is 0. The number of aliphatic hydroxyl groups excluding tert-OH is 1. The van der Waals surface area contributed by atoms with Gasteiger partial charge >= 0.3 is 5.97 Å². The van der Waals surface area contributed by atoms with Gasteiger partial charge in [-0.05, 0) is 42.5 Å². The normalized spacial score (nSPS) is 16.3.